The molecule has 10 heteroatoms. The number of halogens is 2. The van der Waals surface area contributed by atoms with Gasteiger partial charge in [0.2, 0.25) is 0 Å². The molecule has 1 saturated heterocycles. The van der Waals surface area contributed by atoms with Crippen molar-refractivity contribution >= 4 is 10.1 Å². The Morgan fingerprint density at radius 3 is 2.61 bits per heavy atom. The minimum atomic E-state index is -3.91. The number of hydrogen-bond donors (Lipinski definition) is 0. The zero-order chi connectivity index (χ0) is 22.4. The summed E-state index contributed by atoms with van der Waals surface area (Å²) in [6, 6.07) is 8.06. The maximum atomic E-state index is 14.5. The summed E-state index contributed by atoms with van der Waals surface area (Å²) < 4.78 is 64.9. The van der Waals surface area contributed by atoms with Crippen molar-refractivity contribution in [2.24, 2.45) is 0 Å². The topological polar surface area (TPSA) is 83.3 Å². The van der Waals surface area contributed by atoms with E-state index >= 15 is 0 Å². The Kier molecular flexibility index (Phi) is 5.40. The van der Waals surface area contributed by atoms with Crippen LogP contribution in [0.3, 0.4) is 0 Å². The second-order valence-electron chi connectivity index (χ2n) is 7.59. The molecule has 2 heterocycles. The first-order chi connectivity index (χ1) is 14.7. The fraction of sp³-hybridized carbons (Fsp3) is 0.333. The molecule has 0 N–H and O–H groups in total. The van der Waals surface area contributed by atoms with Gasteiger partial charge >= 0.3 is 0 Å². The van der Waals surface area contributed by atoms with Gasteiger partial charge in [-0.3, -0.25) is 4.18 Å². The molecule has 0 saturated carbocycles. The third-order valence-electron chi connectivity index (χ3n) is 5.79. The Balaban J connectivity index is 1.84. The van der Waals surface area contributed by atoms with E-state index in [-0.39, 0.29) is 10.5 Å². The lowest BCUT2D eigenvalue weighted by Crippen LogP contribution is -2.35. The van der Waals surface area contributed by atoms with Crippen LogP contribution in [0.1, 0.15) is 42.1 Å². The zero-order valence-electron chi connectivity index (χ0n) is 17.1. The molecule has 3 aromatic rings. The van der Waals surface area contributed by atoms with Crippen molar-refractivity contribution in [2.75, 3.05) is 7.11 Å². The summed E-state index contributed by atoms with van der Waals surface area (Å²) in [6.07, 6.45) is 2.45. The Morgan fingerprint density at radius 2 is 1.97 bits per heavy atom. The van der Waals surface area contributed by atoms with Gasteiger partial charge in [0, 0.05) is 17.5 Å². The van der Waals surface area contributed by atoms with Gasteiger partial charge in [-0.25, -0.2) is 18.4 Å². The van der Waals surface area contributed by atoms with Crippen LogP contribution in [-0.4, -0.2) is 30.3 Å². The molecule has 1 fully saturated rings. The summed E-state index contributed by atoms with van der Waals surface area (Å²) in [7, 11) is -2.81. The monoisotopic (exact) mass is 449 g/mol. The average molecular weight is 449 g/mol. The third-order valence-corrected chi connectivity index (χ3v) is 7.06. The summed E-state index contributed by atoms with van der Waals surface area (Å²) in [5.74, 6) is -1.79. The van der Waals surface area contributed by atoms with E-state index in [1.54, 1.807) is 19.1 Å². The molecule has 0 bridgehead atoms. The number of hydrogen-bond acceptors (Lipinski definition) is 6. The molecule has 0 amide bonds. The molecule has 1 aliphatic heterocycles. The molecule has 4 rings (SSSR count). The first kappa shape index (κ1) is 21.5. The molecule has 0 aliphatic carbocycles. The smallest absolute Gasteiger partial charge is 0.296 e. The zero-order valence-corrected chi connectivity index (χ0v) is 17.9. The number of ether oxygens (including phenoxy) is 1. The van der Waals surface area contributed by atoms with Crippen LogP contribution in [-0.2, 0) is 24.8 Å². The van der Waals surface area contributed by atoms with Gasteiger partial charge in [-0.2, -0.15) is 13.5 Å². The molecule has 7 nitrogen and oxygen atoms in total. The lowest BCUT2D eigenvalue weighted by molar-refractivity contribution is -0.103. The minimum absolute atomic E-state index is 0.00736. The highest BCUT2D eigenvalue weighted by molar-refractivity contribution is 7.86. The SMILES string of the molecule is COS(=O)(=O)c1ccc(C)c(C2CC(c3ccc(F)cc3F)OC2(C)n2cncn2)c1. The maximum Gasteiger partial charge on any atom is 0.296 e. The Labute approximate surface area is 178 Å². The predicted molar refractivity (Wildman–Crippen MR) is 107 cm³/mol. The Morgan fingerprint density at radius 1 is 1.19 bits per heavy atom. The lowest BCUT2D eigenvalue weighted by Gasteiger charge is -2.32. The normalized spacial score (nSPS) is 23.9. The molecule has 0 radical (unpaired) electrons. The van der Waals surface area contributed by atoms with Crippen LogP contribution in [0.2, 0.25) is 0 Å². The van der Waals surface area contributed by atoms with Crippen molar-refractivity contribution in [1.29, 1.82) is 0 Å². The van der Waals surface area contributed by atoms with E-state index in [4.69, 9.17) is 4.74 Å². The Bertz CT molecular complexity index is 1220. The number of aromatic nitrogens is 3. The lowest BCUT2D eigenvalue weighted by atomic mass is 9.84. The standard InChI is InChI=1S/C21H21F2N3O4S/c1-13-4-6-15(31(27,28)29-3)9-17(13)18-10-20(16-7-5-14(22)8-19(16)23)30-21(18,2)26-12-24-11-25-26/h4-9,11-12,18,20H,10H2,1-3H3. The highest BCUT2D eigenvalue weighted by atomic mass is 32.2. The average Bonchev–Trinajstić information content (AvgIpc) is 3.37. The van der Waals surface area contributed by atoms with Gasteiger partial charge in [0.15, 0.2) is 5.72 Å². The molecule has 1 aromatic heterocycles. The van der Waals surface area contributed by atoms with E-state index in [2.05, 4.69) is 14.3 Å². The molecule has 3 atom stereocenters. The fourth-order valence-corrected chi connectivity index (χ4v) is 4.81. The highest BCUT2D eigenvalue weighted by Gasteiger charge is 2.49. The molecule has 2 aromatic carbocycles. The molecule has 1 aliphatic rings. The second-order valence-corrected chi connectivity index (χ2v) is 9.31. The Hall–Kier alpha value is -2.69. The quantitative estimate of drug-likeness (QED) is 0.551. The van der Waals surface area contributed by atoms with Crippen LogP contribution in [0.5, 0.6) is 0 Å². The predicted octanol–water partition coefficient (Wildman–Crippen LogP) is 3.82. The van der Waals surface area contributed by atoms with E-state index in [1.165, 1.54) is 35.5 Å². The van der Waals surface area contributed by atoms with E-state index in [9.17, 15) is 17.2 Å². The van der Waals surface area contributed by atoms with Crippen molar-refractivity contribution in [3.8, 4) is 0 Å². The fourth-order valence-electron chi connectivity index (χ4n) is 4.12. The molecule has 3 unspecified atom stereocenters. The van der Waals surface area contributed by atoms with E-state index < -0.39 is 39.5 Å². The third kappa shape index (κ3) is 3.75. The van der Waals surface area contributed by atoms with Crippen molar-refractivity contribution < 1.29 is 26.1 Å². The van der Waals surface area contributed by atoms with E-state index in [0.717, 1.165) is 18.7 Å². The number of aryl methyl sites for hydroxylation is 1. The van der Waals surface area contributed by atoms with Crippen LogP contribution >= 0.6 is 0 Å². The van der Waals surface area contributed by atoms with Crippen molar-refractivity contribution in [3.63, 3.8) is 0 Å². The summed E-state index contributed by atoms with van der Waals surface area (Å²) in [5.41, 5.74) is 0.646. The minimum Gasteiger partial charge on any atom is -0.345 e. The van der Waals surface area contributed by atoms with Gasteiger partial charge in [0.1, 0.15) is 24.3 Å². The van der Waals surface area contributed by atoms with Gasteiger partial charge in [-0.15, -0.1) is 0 Å². The van der Waals surface area contributed by atoms with Gasteiger partial charge in [0.05, 0.1) is 18.1 Å². The van der Waals surface area contributed by atoms with Gasteiger partial charge < -0.3 is 4.74 Å². The number of nitrogens with zero attached hydrogens (tertiary/aromatic N) is 3. The van der Waals surface area contributed by atoms with E-state index in [0.29, 0.717) is 12.0 Å². The largest absolute Gasteiger partial charge is 0.345 e. The van der Waals surface area contributed by atoms with Gasteiger partial charge in [0.25, 0.3) is 10.1 Å². The molecular weight excluding hydrogens is 428 g/mol. The number of rotatable bonds is 5. The number of benzene rings is 2. The first-order valence-corrected chi connectivity index (χ1v) is 11.0. The van der Waals surface area contributed by atoms with E-state index in [1.807, 2.05) is 6.92 Å². The maximum absolute atomic E-state index is 14.5. The highest BCUT2D eigenvalue weighted by Crippen LogP contribution is 2.52. The van der Waals surface area contributed by atoms with Crippen LogP contribution in [0.15, 0.2) is 53.9 Å². The van der Waals surface area contributed by atoms with Gasteiger partial charge in [-0.1, -0.05) is 12.1 Å². The molecule has 164 valence electrons. The van der Waals surface area contributed by atoms with Crippen molar-refractivity contribution in [2.45, 2.75) is 42.9 Å². The van der Waals surface area contributed by atoms with Crippen LogP contribution in [0, 0.1) is 18.6 Å². The molecule has 0 spiro atoms. The summed E-state index contributed by atoms with van der Waals surface area (Å²) in [4.78, 5) is 4.00. The first-order valence-electron chi connectivity index (χ1n) is 9.55. The van der Waals surface area contributed by atoms with Crippen LogP contribution in [0.4, 0.5) is 8.78 Å². The summed E-state index contributed by atoms with van der Waals surface area (Å²) in [5, 5.41) is 4.21. The van der Waals surface area contributed by atoms with Gasteiger partial charge in [-0.05, 0) is 49.6 Å². The summed E-state index contributed by atoms with van der Waals surface area (Å²) in [6.45, 7) is 3.64. The van der Waals surface area contributed by atoms with Crippen LogP contribution in [0.25, 0.3) is 0 Å². The molecular formula is C21H21F2N3O4S. The summed E-state index contributed by atoms with van der Waals surface area (Å²) >= 11 is 0. The van der Waals surface area contributed by atoms with Crippen molar-refractivity contribution in [1.82, 2.24) is 14.8 Å². The van der Waals surface area contributed by atoms with Crippen molar-refractivity contribution in [3.05, 3.63) is 77.4 Å². The molecule has 31 heavy (non-hydrogen) atoms. The van der Waals surface area contributed by atoms with Crippen LogP contribution < -0.4 is 0 Å². The second kappa shape index (κ2) is 7.77.